The van der Waals surface area contributed by atoms with Crippen molar-refractivity contribution in [1.29, 1.82) is 0 Å². The summed E-state index contributed by atoms with van der Waals surface area (Å²) in [4.78, 5) is 14.6. The van der Waals surface area contributed by atoms with Gasteiger partial charge in [-0.3, -0.25) is 4.79 Å². The average molecular weight is 769 g/mol. The molecule has 3 nitrogen and oxygen atoms in total. The van der Waals surface area contributed by atoms with Crippen molar-refractivity contribution in [3.05, 3.63) is 78.3 Å². The summed E-state index contributed by atoms with van der Waals surface area (Å²) in [5.74, 6) is 0.787. The molecule has 2 aromatic rings. The van der Waals surface area contributed by atoms with Gasteiger partial charge in [-0.05, 0) is 37.2 Å². The predicted molar refractivity (Wildman–Crippen MR) is 137 cm³/mol. The summed E-state index contributed by atoms with van der Waals surface area (Å²) in [5.41, 5.74) is 2.49. The molecule has 0 aromatic heterocycles. The van der Waals surface area contributed by atoms with Crippen LogP contribution in [-0.2, 0) is 16.1 Å². The Labute approximate surface area is 213 Å². The van der Waals surface area contributed by atoms with Crippen LogP contribution in [0, 0.1) is 43.8 Å². The topological polar surface area (TPSA) is 29.5 Å². The van der Waals surface area contributed by atoms with Gasteiger partial charge in [0, 0.05) is 12.6 Å². The van der Waals surface area contributed by atoms with Crippen molar-refractivity contribution in [3.63, 3.8) is 0 Å². The first-order chi connectivity index (χ1) is 14.6. The number of hydrogen-bond donors (Lipinski definition) is 0. The SMILES string of the molecule is CCOC(=O)C[C@H]1[C@H](C)CC[C@H]1N([CH-]c1ccccc1)Cc1ccccc1.[I][Sm][I]. The first-order valence-electron chi connectivity index (χ1n) is 10.3. The van der Waals surface area contributed by atoms with Crippen LogP contribution in [0.15, 0.2) is 60.7 Å². The summed E-state index contributed by atoms with van der Waals surface area (Å²) in [5, 5.41) is 0. The monoisotopic (exact) mass is 770 g/mol. The Morgan fingerprint density at radius 2 is 1.70 bits per heavy atom. The summed E-state index contributed by atoms with van der Waals surface area (Å²) < 4.78 is 5.25. The number of esters is 1. The molecule has 1 fully saturated rings. The molecule has 0 saturated heterocycles. The molecule has 0 spiro atoms. The average Bonchev–Trinajstić information content (AvgIpc) is 3.10. The molecule has 30 heavy (non-hydrogen) atoms. The van der Waals surface area contributed by atoms with Gasteiger partial charge in [0.05, 0.1) is 13.0 Å². The molecule has 1 aliphatic carbocycles. The Balaban J connectivity index is 0.00000101. The van der Waals surface area contributed by atoms with Crippen LogP contribution in [0.1, 0.15) is 44.2 Å². The summed E-state index contributed by atoms with van der Waals surface area (Å²) in [6.45, 7) is 7.71. The second kappa shape index (κ2) is 15.4. The molecule has 0 unspecified atom stereocenters. The van der Waals surface area contributed by atoms with Gasteiger partial charge < -0.3 is 9.64 Å². The van der Waals surface area contributed by atoms with Gasteiger partial charge in [0.25, 0.3) is 0 Å². The van der Waals surface area contributed by atoms with E-state index in [-0.39, 0.29) is 31.4 Å². The zero-order valence-corrected chi connectivity index (χ0v) is 24.5. The van der Waals surface area contributed by atoms with Gasteiger partial charge in [-0.1, -0.05) is 43.3 Å². The molecular weight excluding hydrogens is 738 g/mol. The summed E-state index contributed by atoms with van der Waals surface area (Å²) >= 11 is 5.07. The van der Waals surface area contributed by atoms with Gasteiger partial charge in [0.15, 0.2) is 0 Å². The number of nitrogens with zero attached hydrogens (tertiary/aromatic N) is 1. The number of halogens is 2. The quantitative estimate of drug-likeness (QED) is 0.168. The molecule has 0 heterocycles. The van der Waals surface area contributed by atoms with E-state index in [1.807, 2.05) is 13.0 Å². The molecule has 1 saturated carbocycles. The minimum absolute atomic E-state index is 0.0689. The molecule has 6 heteroatoms. The zero-order chi connectivity index (χ0) is 21.8. The van der Waals surface area contributed by atoms with Crippen molar-refractivity contribution >= 4 is 34.5 Å². The number of rotatable bonds is 8. The van der Waals surface area contributed by atoms with Gasteiger partial charge in [-0.25, -0.2) is 0 Å². The van der Waals surface area contributed by atoms with Crippen LogP contribution in [0.25, 0.3) is 0 Å². The first kappa shape index (κ1) is 26.8. The van der Waals surface area contributed by atoms with Crippen LogP contribution in [0.3, 0.4) is 0 Å². The molecule has 0 aliphatic heterocycles. The third-order valence-electron chi connectivity index (χ3n) is 5.60. The molecule has 0 bridgehead atoms. The Hall–Kier alpha value is 0.538. The number of carbonyl (C=O) groups is 1. The molecule has 0 radical (unpaired) electrons. The number of benzene rings is 2. The first-order valence-corrected chi connectivity index (χ1v) is 25.4. The van der Waals surface area contributed by atoms with E-state index in [2.05, 4.69) is 102 Å². The van der Waals surface area contributed by atoms with E-state index >= 15 is 0 Å². The molecule has 0 amide bonds. The van der Waals surface area contributed by atoms with Gasteiger partial charge in [-0.15, -0.1) is 18.7 Å². The van der Waals surface area contributed by atoms with Gasteiger partial charge in [-0.2, -0.15) is 17.7 Å². The van der Waals surface area contributed by atoms with Crippen LogP contribution < -0.4 is 0 Å². The van der Waals surface area contributed by atoms with Crippen LogP contribution >= 0.6 is 28.6 Å². The van der Waals surface area contributed by atoms with Gasteiger partial charge in [0.2, 0.25) is 0 Å². The van der Waals surface area contributed by atoms with Crippen LogP contribution in [0.2, 0.25) is 0 Å². The van der Waals surface area contributed by atoms with Crippen LogP contribution in [-0.4, -0.2) is 23.5 Å². The third-order valence-corrected chi connectivity index (χ3v) is 5.60. The Kier molecular flexibility index (Phi) is 13.7. The summed E-state index contributed by atoms with van der Waals surface area (Å²) in [6.07, 6.45) is 2.78. The van der Waals surface area contributed by atoms with Crippen molar-refractivity contribution in [2.24, 2.45) is 11.8 Å². The summed E-state index contributed by atoms with van der Waals surface area (Å²) in [6, 6.07) is 21.4. The van der Waals surface area contributed by atoms with Gasteiger partial charge >= 0.3 is 60.0 Å². The molecule has 2 aromatic carbocycles. The van der Waals surface area contributed by atoms with E-state index in [1.54, 1.807) is 0 Å². The van der Waals surface area contributed by atoms with Crippen LogP contribution in [0.4, 0.5) is 0 Å². The maximum absolute atomic E-state index is 12.2. The van der Waals surface area contributed by atoms with Crippen molar-refractivity contribution in [2.75, 3.05) is 6.61 Å². The number of carbonyl (C=O) groups excluding carboxylic acids is 1. The Bertz CT molecular complexity index is 691. The molecule has 1 aliphatic rings. The van der Waals surface area contributed by atoms with E-state index in [4.69, 9.17) is 4.74 Å². The molecule has 0 N–H and O–H groups in total. The molecule has 3 rings (SSSR count). The normalized spacial score (nSPS) is 20.4. The summed E-state index contributed by atoms with van der Waals surface area (Å²) in [7, 11) is 0. The molecule has 164 valence electrons. The van der Waals surface area contributed by atoms with Crippen molar-refractivity contribution < 1.29 is 35.0 Å². The Morgan fingerprint density at radius 1 is 1.10 bits per heavy atom. The fourth-order valence-corrected chi connectivity index (χ4v) is 4.19. The fourth-order valence-electron chi connectivity index (χ4n) is 4.19. The predicted octanol–water partition coefficient (Wildman–Crippen LogP) is 6.84. The minimum atomic E-state index is -0.0689. The second-order valence-corrected chi connectivity index (χ2v) is 27.0. The maximum atomic E-state index is 12.2. The van der Waals surface area contributed by atoms with Gasteiger partial charge in [0.1, 0.15) is 0 Å². The molecular formula is C24H30I2NO2Sm-. The zero-order valence-electron chi connectivity index (χ0n) is 17.5. The van der Waals surface area contributed by atoms with Crippen molar-refractivity contribution in [1.82, 2.24) is 4.90 Å². The van der Waals surface area contributed by atoms with E-state index < -0.39 is 0 Å². The fraction of sp³-hybridized carbons (Fsp3) is 0.417. The van der Waals surface area contributed by atoms with E-state index in [0.29, 0.717) is 30.9 Å². The second-order valence-electron chi connectivity index (χ2n) is 7.55. The van der Waals surface area contributed by atoms with E-state index in [9.17, 15) is 4.79 Å². The number of ether oxygens (including phenoxy) is 1. The van der Waals surface area contributed by atoms with Crippen molar-refractivity contribution in [3.8, 4) is 0 Å². The van der Waals surface area contributed by atoms with Crippen LogP contribution in [0.5, 0.6) is 0 Å². The Morgan fingerprint density at radius 3 is 2.30 bits per heavy atom. The molecule has 3 atom stereocenters. The van der Waals surface area contributed by atoms with E-state index in [1.165, 1.54) is 11.1 Å². The number of hydrogen-bond acceptors (Lipinski definition) is 3. The third kappa shape index (κ3) is 9.19. The van der Waals surface area contributed by atoms with Crippen molar-refractivity contribution in [2.45, 2.75) is 45.7 Å². The standard InChI is InChI=1S/C24H30NO2.2HI.Sm/c1-3-27-24(26)16-22-19(2)14-15-23(22)25(17-20-10-6-4-7-11-20)18-21-12-8-5-9-13-21;;;/h4-13,17,19,22-23H,3,14-16,18H2,1-2H3;2*1H;/q-1;;;+2/p-2/t19-,22+,23-;;;/m1.../s1. The van der Waals surface area contributed by atoms with E-state index in [0.717, 1.165) is 19.4 Å².